The molecule has 19 heavy (non-hydrogen) atoms. The Hall–Kier alpha value is -1.63. The summed E-state index contributed by atoms with van der Waals surface area (Å²) >= 11 is 0. The second-order valence-corrected chi connectivity index (χ2v) is 4.89. The predicted octanol–water partition coefficient (Wildman–Crippen LogP) is 1.85. The molecule has 0 spiro atoms. The Balaban J connectivity index is 3.19. The summed E-state index contributed by atoms with van der Waals surface area (Å²) in [4.78, 5) is 10.8. The highest BCUT2D eigenvalue weighted by atomic mass is 16.6. The Labute approximate surface area is 112 Å². The van der Waals surface area contributed by atoms with Crippen molar-refractivity contribution in [3.8, 4) is 0 Å². The summed E-state index contributed by atoms with van der Waals surface area (Å²) in [6, 6.07) is 0. The van der Waals surface area contributed by atoms with E-state index in [2.05, 4.69) is 10.4 Å². The van der Waals surface area contributed by atoms with Crippen LogP contribution in [0.4, 0.5) is 11.5 Å². The molecule has 1 aromatic heterocycles. The monoisotopic (exact) mass is 270 g/mol. The second-order valence-electron chi connectivity index (χ2n) is 4.89. The van der Waals surface area contributed by atoms with Gasteiger partial charge in [-0.05, 0) is 26.2 Å². The molecule has 0 saturated heterocycles. The summed E-state index contributed by atoms with van der Waals surface area (Å²) in [5.74, 6) is 0.402. The SMILES string of the molecule is CCc1nn(C)c(NC(C)(CC)CCO)c1[N+](=O)[O-]. The van der Waals surface area contributed by atoms with Gasteiger partial charge in [-0.15, -0.1) is 0 Å². The molecule has 1 rings (SSSR count). The van der Waals surface area contributed by atoms with Crippen molar-refractivity contribution in [2.45, 2.75) is 45.6 Å². The number of hydrogen-bond donors (Lipinski definition) is 2. The van der Waals surface area contributed by atoms with Crippen molar-refractivity contribution in [1.82, 2.24) is 9.78 Å². The fourth-order valence-corrected chi connectivity index (χ4v) is 2.00. The number of hydrogen-bond acceptors (Lipinski definition) is 5. The van der Waals surface area contributed by atoms with Gasteiger partial charge in [-0.2, -0.15) is 5.10 Å². The van der Waals surface area contributed by atoms with Crippen molar-refractivity contribution in [3.63, 3.8) is 0 Å². The molecule has 1 unspecified atom stereocenters. The third-order valence-electron chi connectivity index (χ3n) is 3.47. The van der Waals surface area contributed by atoms with Crippen LogP contribution < -0.4 is 5.32 Å². The molecule has 0 aliphatic rings. The smallest absolute Gasteiger partial charge is 0.333 e. The highest BCUT2D eigenvalue weighted by Gasteiger charge is 2.31. The number of anilines is 1. The molecular weight excluding hydrogens is 248 g/mol. The first kappa shape index (κ1) is 15.4. The maximum atomic E-state index is 11.2. The molecule has 0 bridgehead atoms. The molecule has 0 fully saturated rings. The Morgan fingerprint density at radius 3 is 2.58 bits per heavy atom. The Morgan fingerprint density at radius 1 is 1.53 bits per heavy atom. The molecule has 0 saturated carbocycles. The topological polar surface area (TPSA) is 93.2 Å². The number of aliphatic hydroxyl groups is 1. The third kappa shape index (κ3) is 3.23. The molecule has 0 aliphatic heterocycles. The fourth-order valence-electron chi connectivity index (χ4n) is 2.00. The summed E-state index contributed by atoms with van der Waals surface area (Å²) in [5, 5.41) is 27.7. The first-order valence-corrected chi connectivity index (χ1v) is 6.47. The summed E-state index contributed by atoms with van der Waals surface area (Å²) in [5.41, 5.74) is 0.110. The van der Waals surface area contributed by atoms with Crippen LogP contribution in [0.25, 0.3) is 0 Å². The Bertz CT molecular complexity index is 458. The minimum absolute atomic E-state index is 0.0302. The van der Waals surface area contributed by atoms with Gasteiger partial charge in [-0.1, -0.05) is 13.8 Å². The number of nitrogens with one attached hydrogen (secondary N) is 1. The second kappa shape index (κ2) is 6.01. The van der Waals surface area contributed by atoms with E-state index in [1.54, 1.807) is 7.05 Å². The molecule has 0 aliphatic carbocycles. The number of aliphatic hydroxyl groups excluding tert-OH is 1. The van der Waals surface area contributed by atoms with Gasteiger partial charge in [0.25, 0.3) is 0 Å². The molecular formula is C12H22N4O3. The molecule has 0 amide bonds. The lowest BCUT2D eigenvalue weighted by atomic mass is 9.95. The maximum absolute atomic E-state index is 11.2. The van der Waals surface area contributed by atoms with Crippen molar-refractivity contribution >= 4 is 11.5 Å². The van der Waals surface area contributed by atoms with Crippen molar-refractivity contribution in [2.75, 3.05) is 11.9 Å². The van der Waals surface area contributed by atoms with E-state index >= 15 is 0 Å². The van der Waals surface area contributed by atoms with E-state index in [1.165, 1.54) is 4.68 Å². The highest BCUT2D eigenvalue weighted by molar-refractivity contribution is 5.61. The molecule has 108 valence electrons. The van der Waals surface area contributed by atoms with Crippen LogP contribution in [0.1, 0.15) is 39.3 Å². The standard InChI is InChI=1S/C12H22N4O3/c1-5-9-10(16(18)19)11(15(4)14-9)13-12(3,6-2)7-8-17/h13,17H,5-8H2,1-4H3. The van der Waals surface area contributed by atoms with Crippen LogP contribution in [0.3, 0.4) is 0 Å². The zero-order chi connectivity index (χ0) is 14.6. The van der Waals surface area contributed by atoms with Crippen LogP contribution in [0.15, 0.2) is 0 Å². The van der Waals surface area contributed by atoms with Crippen LogP contribution in [-0.4, -0.2) is 32.0 Å². The zero-order valence-electron chi connectivity index (χ0n) is 11.9. The average molecular weight is 270 g/mol. The van der Waals surface area contributed by atoms with Gasteiger partial charge in [0.15, 0.2) is 0 Å². The minimum Gasteiger partial charge on any atom is -0.396 e. The largest absolute Gasteiger partial charge is 0.396 e. The molecule has 7 nitrogen and oxygen atoms in total. The summed E-state index contributed by atoms with van der Waals surface area (Å²) in [7, 11) is 1.68. The molecule has 2 N–H and O–H groups in total. The van der Waals surface area contributed by atoms with Crippen LogP contribution in [0, 0.1) is 10.1 Å². The van der Waals surface area contributed by atoms with E-state index in [9.17, 15) is 10.1 Å². The number of aryl methyl sites for hydroxylation is 2. The van der Waals surface area contributed by atoms with Gasteiger partial charge in [-0.3, -0.25) is 10.1 Å². The maximum Gasteiger partial charge on any atom is 0.333 e. The first-order chi connectivity index (χ1) is 8.88. The molecule has 1 atom stereocenters. The third-order valence-corrected chi connectivity index (χ3v) is 3.47. The van der Waals surface area contributed by atoms with Gasteiger partial charge in [0.1, 0.15) is 5.69 Å². The minimum atomic E-state index is -0.400. The van der Waals surface area contributed by atoms with Gasteiger partial charge in [0.05, 0.1) is 4.92 Å². The van der Waals surface area contributed by atoms with E-state index in [0.717, 1.165) is 6.42 Å². The number of aromatic nitrogens is 2. The molecule has 1 heterocycles. The van der Waals surface area contributed by atoms with Gasteiger partial charge in [-0.25, -0.2) is 4.68 Å². The van der Waals surface area contributed by atoms with E-state index in [1.807, 2.05) is 20.8 Å². The summed E-state index contributed by atoms with van der Waals surface area (Å²) in [6.45, 7) is 5.78. The van der Waals surface area contributed by atoms with Crippen molar-refractivity contribution in [1.29, 1.82) is 0 Å². The molecule has 7 heteroatoms. The zero-order valence-corrected chi connectivity index (χ0v) is 11.9. The fraction of sp³-hybridized carbons (Fsp3) is 0.750. The van der Waals surface area contributed by atoms with Gasteiger partial charge >= 0.3 is 5.69 Å². The van der Waals surface area contributed by atoms with E-state index < -0.39 is 10.5 Å². The summed E-state index contributed by atoms with van der Waals surface area (Å²) < 4.78 is 1.50. The normalized spacial score (nSPS) is 14.2. The quantitative estimate of drug-likeness (QED) is 0.582. The highest BCUT2D eigenvalue weighted by Crippen LogP contribution is 2.32. The van der Waals surface area contributed by atoms with Gasteiger partial charge in [0, 0.05) is 19.2 Å². The van der Waals surface area contributed by atoms with E-state index in [4.69, 9.17) is 5.11 Å². The molecule has 0 radical (unpaired) electrons. The first-order valence-electron chi connectivity index (χ1n) is 6.47. The van der Waals surface area contributed by atoms with Crippen LogP contribution in [0.5, 0.6) is 0 Å². The number of nitro groups is 1. The lowest BCUT2D eigenvalue weighted by Crippen LogP contribution is -2.36. The Morgan fingerprint density at radius 2 is 2.16 bits per heavy atom. The molecule has 1 aromatic rings. The van der Waals surface area contributed by atoms with Crippen LogP contribution in [-0.2, 0) is 13.5 Å². The lowest BCUT2D eigenvalue weighted by molar-refractivity contribution is -0.384. The van der Waals surface area contributed by atoms with Crippen molar-refractivity contribution in [2.24, 2.45) is 7.05 Å². The predicted molar refractivity (Wildman–Crippen MR) is 73.3 cm³/mol. The van der Waals surface area contributed by atoms with E-state index in [0.29, 0.717) is 24.4 Å². The summed E-state index contributed by atoms with van der Waals surface area (Å²) in [6.07, 6.45) is 1.78. The Kier molecular flexibility index (Phi) is 4.88. The number of rotatable bonds is 7. The van der Waals surface area contributed by atoms with E-state index in [-0.39, 0.29) is 12.3 Å². The van der Waals surface area contributed by atoms with Crippen molar-refractivity contribution in [3.05, 3.63) is 15.8 Å². The van der Waals surface area contributed by atoms with Gasteiger partial charge in [0.2, 0.25) is 5.82 Å². The van der Waals surface area contributed by atoms with Crippen LogP contribution in [0.2, 0.25) is 0 Å². The lowest BCUT2D eigenvalue weighted by Gasteiger charge is -2.29. The average Bonchev–Trinajstić information content (AvgIpc) is 2.66. The number of nitrogens with zero attached hydrogens (tertiary/aromatic N) is 3. The van der Waals surface area contributed by atoms with Gasteiger partial charge < -0.3 is 10.4 Å². The van der Waals surface area contributed by atoms with Crippen molar-refractivity contribution < 1.29 is 10.0 Å². The molecule has 0 aromatic carbocycles. The van der Waals surface area contributed by atoms with Crippen LogP contribution >= 0.6 is 0 Å².